The molecule has 0 saturated heterocycles. The van der Waals surface area contributed by atoms with Gasteiger partial charge < -0.3 is 24.4 Å². The Kier molecular flexibility index (Phi) is 5.04. The average Bonchev–Trinajstić information content (AvgIpc) is 3.29. The average molecular weight is 420 g/mol. The van der Waals surface area contributed by atoms with Gasteiger partial charge in [0.1, 0.15) is 5.75 Å². The fourth-order valence-corrected chi connectivity index (χ4v) is 3.54. The molecule has 2 N–H and O–H groups in total. The van der Waals surface area contributed by atoms with Crippen LogP contribution in [0, 0.1) is 0 Å². The molecule has 10 heteroatoms. The van der Waals surface area contributed by atoms with Crippen molar-refractivity contribution >= 4 is 11.3 Å². The van der Waals surface area contributed by atoms with E-state index >= 15 is 0 Å². The van der Waals surface area contributed by atoms with Gasteiger partial charge in [-0.05, 0) is 30.3 Å². The molecule has 1 aromatic carbocycles. The zero-order valence-corrected chi connectivity index (χ0v) is 15.9. The first kappa shape index (κ1) is 20.0. The maximum atomic E-state index is 12.4. The van der Waals surface area contributed by atoms with Crippen molar-refractivity contribution in [2.45, 2.75) is 19.1 Å². The van der Waals surface area contributed by atoms with E-state index in [2.05, 4.69) is 9.84 Å². The van der Waals surface area contributed by atoms with Crippen LogP contribution in [0.1, 0.15) is 23.0 Å². The maximum absolute atomic E-state index is 12.4. The number of halogens is 3. The highest BCUT2D eigenvalue weighted by molar-refractivity contribution is 5.84. The summed E-state index contributed by atoms with van der Waals surface area (Å²) in [6.45, 7) is 0.183. The number of hydrogen-bond donors (Lipinski definition) is 2. The molecular formula is C20H19F3N4O3. The minimum Gasteiger partial charge on any atom is -0.406 e. The summed E-state index contributed by atoms with van der Waals surface area (Å²) in [6.07, 6.45) is 1.14. The van der Waals surface area contributed by atoms with Gasteiger partial charge in [0.05, 0.1) is 18.5 Å². The van der Waals surface area contributed by atoms with E-state index in [0.29, 0.717) is 17.9 Å². The van der Waals surface area contributed by atoms with Crippen LogP contribution < -0.4 is 9.64 Å². The molecule has 1 atom stereocenters. The minimum absolute atomic E-state index is 0.108. The van der Waals surface area contributed by atoms with Gasteiger partial charge >= 0.3 is 6.36 Å². The summed E-state index contributed by atoms with van der Waals surface area (Å²) in [6, 6.07) is 7.10. The van der Waals surface area contributed by atoms with Gasteiger partial charge in [-0.3, -0.25) is 4.68 Å². The summed E-state index contributed by atoms with van der Waals surface area (Å²) >= 11 is 0. The summed E-state index contributed by atoms with van der Waals surface area (Å²) in [5, 5.41) is 24.6. The first-order valence-corrected chi connectivity index (χ1v) is 9.10. The van der Waals surface area contributed by atoms with Crippen molar-refractivity contribution < 1.29 is 28.1 Å². The molecule has 0 amide bonds. The molecule has 0 bridgehead atoms. The van der Waals surface area contributed by atoms with E-state index in [1.807, 2.05) is 12.3 Å². The molecule has 1 unspecified atom stereocenters. The van der Waals surface area contributed by atoms with Crippen LogP contribution in [-0.4, -0.2) is 37.5 Å². The zero-order valence-electron chi connectivity index (χ0n) is 15.9. The van der Waals surface area contributed by atoms with Gasteiger partial charge in [0.15, 0.2) is 6.23 Å². The predicted molar refractivity (Wildman–Crippen MR) is 102 cm³/mol. The first-order chi connectivity index (χ1) is 14.3. The lowest BCUT2D eigenvalue weighted by Gasteiger charge is -2.33. The fraction of sp³-hybridized carbons (Fsp3) is 0.250. The number of ether oxygens (including phenoxy) is 1. The lowest BCUT2D eigenvalue weighted by molar-refractivity contribution is -0.274. The van der Waals surface area contributed by atoms with Crippen LogP contribution in [0.5, 0.6) is 5.75 Å². The van der Waals surface area contributed by atoms with E-state index in [4.69, 9.17) is 0 Å². The van der Waals surface area contributed by atoms with Crippen LogP contribution in [0.15, 0.2) is 55.1 Å². The van der Waals surface area contributed by atoms with E-state index in [-0.39, 0.29) is 12.4 Å². The van der Waals surface area contributed by atoms with Crippen molar-refractivity contribution in [2.24, 2.45) is 7.05 Å². The predicted octanol–water partition coefficient (Wildman–Crippen LogP) is 3.01. The number of nitrogens with zero attached hydrogens (tertiary/aromatic N) is 4. The van der Waals surface area contributed by atoms with Crippen LogP contribution in [0.3, 0.4) is 0 Å². The summed E-state index contributed by atoms with van der Waals surface area (Å²) in [5.41, 5.74) is 3.43. The summed E-state index contributed by atoms with van der Waals surface area (Å²) in [4.78, 5) is 1.55. The molecule has 158 valence electrons. The molecule has 3 heterocycles. The highest BCUT2D eigenvalue weighted by Gasteiger charge is 2.32. The number of fused-ring (bicyclic) bond motifs is 1. The Hall–Kier alpha value is -3.24. The Morgan fingerprint density at radius 1 is 1.17 bits per heavy atom. The van der Waals surface area contributed by atoms with E-state index in [9.17, 15) is 23.4 Å². The molecule has 0 aliphatic carbocycles. The highest BCUT2D eigenvalue weighted by Crippen LogP contribution is 2.40. The largest absolute Gasteiger partial charge is 0.573 e. The van der Waals surface area contributed by atoms with Crippen molar-refractivity contribution in [3.63, 3.8) is 0 Å². The Bertz CT molecular complexity index is 1070. The summed E-state index contributed by atoms with van der Waals surface area (Å²) in [7, 11) is 1.79. The molecule has 2 aromatic heterocycles. The molecular weight excluding hydrogens is 401 g/mol. The SMILES string of the molecule is Cn1cc(C2=CN(c3ccc(OC(F)(F)F)cc3)C(O)c3c2ccn3CCO)cn1. The minimum atomic E-state index is -4.78. The number of benzene rings is 1. The lowest BCUT2D eigenvalue weighted by Crippen LogP contribution is -2.29. The number of rotatable bonds is 5. The third kappa shape index (κ3) is 3.79. The topological polar surface area (TPSA) is 75.7 Å². The van der Waals surface area contributed by atoms with E-state index in [0.717, 1.165) is 16.7 Å². The second-order valence-electron chi connectivity index (χ2n) is 6.80. The van der Waals surface area contributed by atoms with Gasteiger partial charge in [0.2, 0.25) is 0 Å². The molecule has 1 aliphatic heterocycles. The quantitative estimate of drug-likeness (QED) is 0.664. The van der Waals surface area contributed by atoms with Gasteiger partial charge in [0.25, 0.3) is 0 Å². The molecule has 1 aliphatic rings. The molecule has 0 fully saturated rings. The summed E-state index contributed by atoms with van der Waals surface area (Å²) in [5.74, 6) is -0.349. The second kappa shape index (κ2) is 7.54. The van der Waals surface area contributed by atoms with Crippen LogP contribution in [-0.2, 0) is 13.6 Å². The molecule has 0 saturated carbocycles. The van der Waals surface area contributed by atoms with Crippen LogP contribution in [0.25, 0.3) is 5.57 Å². The Balaban J connectivity index is 1.76. The number of aliphatic hydroxyl groups is 2. The molecule has 0 spiro atoms. The highest BCUT2D eigenvalue weighted by atomic mass is 19.4. The molecule has 0 radical (unpaired) electrons. The maximum Gasteiger partial charge on any atom is 0.573 e. The van der Waals surface area contributed by atoms with Gasteiger partial charge in [-0.25, -0.2) is 0 Å². The van der Waals surface area contributed by atoms with Crippen LogP contribution in [0.2, 0.25) is 0 Å². The van der Waals surface area contributed by atoms with Gasteiger partial charge in [-0.15, -0.1) is 13.2 Å². The van der Waals surface area contributed by atoms with Crippen molar-refractivity contribution in [1.29, 1.82) is 0 Å². The number of anilines is 1. The van der Waals surface area contributed by atoms with Crippen molar-refractivity contribution in [1.82, 2.24) is 14.3 Å². The number of aryl methyl sites for hydroxylation is 1. The lowest BCUT2D eigenvalue weighted by atomic mass is 9.97. The van der Waals surface area contributed by atoms with Gasteiger partial charge in [-0.2, -0.15) is 5.10 Å². The van der Waals surface area contributed by atoms with Crippen LogP contribution >= 0.6 is 0 Å². The van der Waals surface area contributed by atoms with Crippen LogP contribution in [0.4, 0.5) is 18.9 Å². The number of alkyl halides is 3. The molecule has 4 rings (SSSR count). The van der Waals surface area contributed by atoms with Crippen molar-refractivity contribution in [3.05, 3.63) is 71.9 Å². The Labute approximate surface area is 169 Å². The molecule has 30 heavy (non-hydrogen) atoms. The number of hydrogen-bond acceptors (Lipinski definition) is 5. The molecule has 7 nitrogen and oxygen atoms in total. The van der Waals surface area contributed by atoms with Gasteiger partial charge in [0, 0.05) is 54.6 Å². The van der Waals surface area contributed by atoms with E-state index in [1.165, 1.54) is 24.3 Å². The number of aliphatic hydroxyl groups excluding tert-OH is 2. The number of aromatic nitrogens is 3. The van der Waals surface area contributed by atoms with E-state index < -0.39 is 12.6 Å². The van der Waals surface area contributed by atoms with Crippen molar-refractivity contribution in [3.8, 4) is 5.75 Å². The van der Waals surface area contributed by atoms with E-state index in [1.54, 1.807) is 39.8 Å². The normalized spacial score (nSPS) is 16.4. The standard InChI is InChI=1S/C20H19F3N4O3/c1-25-11-13(10-24-25)17-12-27(14-2-4-15(5-3-14)30-20(21,22)23)19(29)18-16(17)6-7-26(18)8-9-28/h2-7,10-12,19,28-29H,8-9H2,1H3. The van der Waals surface area contributed by atoms with Gasteiger partial charge in [-0.1, -0.05) is 0 Å². The van der Waals surface area contributed by atoms with Crippen molar-refractivity contribution in [2.75, 3.05) is 11.5 Å². The second-order valence-corrected chi connectivity index (χ2v) is 6.80. The fourth-order valence-electron chi connectivity index (χ4n) is 3.54. The third-order valence-electron chi connectivity index (χ3n) is 4.80. The third-order valence-corrected chi connectivity index (χ3v) is 4.80. The zero-order chi connectivity index (χ0) is 21.5. The first-order valence-electron chi connectivity index (χ1n) is 9.10. The smallest absolute Gasteiger partial charge is 0.406 e. The Morgan fingerprint density at radius 2 is 1.90 bits per heavy atom. The Morgan fingerprint density at radius 3 is 2.50 bits per heavy atom. The summed E-state index contributed by atoms with van der Waals surface area (Å²) < 4.78 is 44.6. The molecule has 3 aromatic rings. The monoisotopic (exact) mass is 420 g/mol.